The van der Waals surface area contributed by atoms with E-state index in [-0.39, 0.29) is 17.6 Å². The van der Waals surface area contributed by atoms with Gasteiger partial charge in [-0.3, -0.25) is 9.59 Å². The number of rotatable bonds is 2. The fraction of sp³-hybridized carbons (Fsp3) is 0.0667. The van der Waals surface area contributed by atoms with Crippen LogP contribution in [-0.2, 0) is 11.2 Å². The summed E-state index contributed by atoms with van der Waals surface area (Å²) < 4.78 is 13.7. The highest BCUT2D eigenvalue weighted by Crippen LogP contribution is 2.25. The number of hydrogen-bond acceptors (Lipinski definition) is 2. The predicted molar refractivity (Wildman–Crippen MR) is 85.8 cm³/mol. The first-order chi connectivity index (χ1) is 10.0. The molecule has 3 rings (SSSR count). The molecule has 6 heteroatoms. The second kappa shape index (κ2) is 5.44. The van der Waals surface area contributed by atoms with Crippen LogP contribution in [0.4, 0.5) is 15.8 Å². The summed E-state index contributed by atoms with van der Waals surface area (Å²) in [5.41, 5.74) is 2.54. The van der Waals surface area contributed by atoms with Gasteiger partial charge in [0.25, 0.3) is 5.91 Å². The first kappa shape index (κ1) is 14.0. The molecule has 0 aliphatic carbocycles. The van der Waals surface area contributed by atoms with Gasteiger partial charge in [-0.15, -0.1) is 0 Å². The lowest BCUT2D eigenvalue weighted by atomic mass is 10.1. The molecule has 106 valence electrons. The highest BCUT2D eigenvalue weighted by Gasteiger charge is 2.19. The normalized spacial score (nSPS) is 12.8. The van der Waals surface area contributed by atoms with E-state index in [0.717, 1.165) is 5.56 Å². The SMILES string of the molecule is O=C1Cc2ccc(C(=O)Nc3ccc(F)cc3I)cc2N1. The van der Waals surface area contributed by atoms with E-state index in [9.17, 15) is 14.0 Å². The van der Waals surface area contributed by atoms with Crippen molar-refractivity contribution < 1.29 is 14.0 Å². The quantitative estimate of drug-likeness (QED) is 0.767. The lowest BCUT2D eigenvalue weighted by Crippen LogP contribution is -2.13. The third-order valence-electron chi connectivity index (χ3n) is 3.18. The van der Waals surface area contributed by atoms with Crippen LogP contribution in [0.25, 0.3) is 0 Å². The zero-order chi connectivity index (χ0) is 15.0. The van der Waals surface area contributed by atoms with Crippen molar-refractivity contribution in [1.29, 1.82) is 0 Å². The third-order valence-corrected chi connectivity index (χ3v) is 4.07. The Balaban J connectivity index is 1.83. The maximum atomic E-state index is 13.0. The van der Waals surface area contributed by atoms with Crippen LogP contribution >= 0.6 is 22.6 Å². The van der Waals surface area contributed by atoms with E-state index in [1.54, 1.807) is 18.2 Å². The summed E-state index contributed by atoms with van der Waals surface area (Å²) in [6, 6.07) is 9.23. The Bertz CT molecular complexity index is 761. The van der Waals surface area contributed by atoms with Crippen molar-refractivity contribution in [3.63, 3.8) is 0 Å². The predicted octanol–water partition coefficient (Wildman–Crippen LogP) is 3.18. The topological polar surface area (TPSA) is 58.2 Å². The first-order valence-corrected chi connectivity index (χ1v) is 7.30. The summed E-state index contributed by atoms with van der Waals surface area (Å²) in [5.74, 6) is -0.725. The van der Waals surface area contributed by atoms with Crippen molar-refractivity contribution in [3.05, 3.63) is 56.9 Å². The fourth-order valence-corrected chi connectivity index (χ4v) is 2.75. The zero-order valence-corrected chi connectivity index (χ0v) is 12.9. The number of carbonyl (C=O) groups excluding carboxylic acids is 2. The number of nitrogens with one attached hydrogen (secondary N) is 2. The molecule has 2 N–H and O–H groups in total. The Kier molecular flexibility index (Phi) is 3.62. The Labute approximate surface area is 133 Å². The summed E-state index contributed by atoms with van der Waals surface area (Å²) in [7, 11) is 0. The van der Waals surface area contributed by atoms with Crippen LogP contribution in [0, 0.1) is 9.39 Å². The van der Waals surface area contributed by atoms with Crippen LogP contribution in [-0.4, -0.2) is 11.8 Å². The van der Waals surface area contributed by atoms with Gasteiger partial charge in [-0.05, 0) is 58.5 Å². The number of amides is 2. The van der Waals surface area contributed by atoms with E-state index < -0.39 is 0 Å². The molecular formula is C15H10FIN2O2. The zero-order valence-electron chi connectivity index (χ0n) is 10.7. The van der Waals surface area contributed by atoms with Gasteiger partial charge in [-0.2, -0.15) is 0 Å². The number of carbonyl (C=O) groups is 2. The molecule has 1 heterocycles. The number of hydrogen-bond donors (Lipinski definition) is 2. The smallest absolute Gasteiger partial charge is 0.255 e. The van der Waals surface area contributed by atoms with Crippen LogP contribution in [0.1, 0.15) is 15.9 Å². The van der Waals surface area contributed by atoms with Crippen molar-refractivity contribution in [2.75, 3.05) is 10.6 Å². The summed E-state index contributed by atoms with van der Waals surface area (Å²) in [5, 5.41) is 5.44. The van der Waals surface area contributed by atoms with Crippen LogP contribution < -0.4 is 10.6 Å². The van der Waals surface area contributed by atoms with E-state index in [4.69, 9.17) is 0 Å². The Morgan fingerprint density at radius 3 is 2.81 bits per heavy atom. The molecule has 4 nitrogen and oxygen atoms in total. The van der Waals surface area contributed by atoms with Crippen molar-refractivity contribution in [2.24, 2.45) is 0 Å². The van der Waals surface area contributed by atoms with Crippen LogP contribution in [0.3, 0.4) is 0 Å². The molecule has 2 amide bonds. The molecule has 2 aromatic carbocycles. The standard InChI is InChI=1S/C15H10FIN2O2/c16-10-3-4-12(11(17)7-10)19-15(21)9-2-1-8-6-14(20)18-13(8)5-9/h1-5,7H,6H2,(H,18,20)(H,19,21). The third kappa shape index (κ3) is 2.90. The summed E-state index contributed by atoms with van der Waals surface area (Å²) in [6.07, 6.45) is 0.340. The van der Waals surface area contributed by atoms with Gasteiger partial charge in [0, 0.05) is 14.8 Å². The van der Waals surface area contributed by atoms with E-state index >= 15 is 0 Å². The minimum absolute atomic E-state index is 0.0735. The molecule has 2 aromatic rings. The molecule has 21 heavy (non-hydrogen) atoms. The van der Waals surface area contributed by atoms with Gasteiger partial charge in [0.2, 0.25) is 5.91 Å². The molecule has 0 fully saturated rings. The molecule has 0 radical (unpaired) electrons. The molecule has 1 aliphatic heterocycles. The summed E-state index contributed by atoms with van der Waals surface area (Å²) in [4.78, 5) is 23.5. The number of benzene rings is 2. The lowest BCUT2D eigenvalue weighted by molar-refractivity contribution is -0.115. The molecule has 0 aromatic heterocycles. The number of anilines is 2. The highest BCUT2D eigenvalue weighted by atomic mass is 127. The number of halogens is 2. The molecule has 1 aliphatic rings. The Morgan fingerprint density at radius 2 is 2.05 bits per heavy atom. The van der Waals surface area contributed by atoms with Crippen molar-refractivity contribution in [1.82, 2.24) is 0 Å². The average Bonchev–Trinajstić information content (AvgIpc) is 2.80. The van der Waals surface area contributed by atoms with Crippen LogP contribution in [0.5, 0.6) is 0 Å². The molecule has 0 unspecified atom stereocenters. The van der Waals surface area contributed by atoms with Gasteiger partial charge >= 0.3 is 0 Å². The monoisotopic (exact) mass is 396 g/mol. The van der Waals surface area contributed by atoms with Gasteiger partial charge in [-0.1, -0.05) is 6.07 Å². The van der Waals surface area contributed by atoms with Crippen LogP contribution in [0.2, 0.25) is 0 Å². The molecule has 0 atom stereocenters. The fourth-order valence-electron chi connectivity index (χ4n) is 2.14. The number of fused-ring (bicyclic) bond motifs is 1. The van der Waals surface area contributed by atoms with E-state index in [1.165, 1.54) is 18.2 Å². The lowest BCUT2D eigenvalue weighted by Gasteiger charge is -2.08. The molecular weight excluding hydrogens is 386 g/mol. The van der Waals surface area contributed by atoms with Gasteiger partial charge < -0.3 is 10.6 Å². The summed E-state index contributed by atoms with van der Waals surface area (Å²) in [6.45, 7) is 0. The molecule has 0 bridgehead atoms. The largest absolute Gasteiger partial charge is 0.326 e. The molecule has 0 spiro atoms. The van der Waals surface area contributed by atoms with Crippen molar-refractivity contribution in [2.45, 2.75) is 6.42 Å². The Hall–Kier alpha value is -1.96. The van der Waals surface area contributed by atoms with Gasteiger partial charge in [0.1, 0.15) is 5.82 Å². The summed E-state index contributed by atoms with van der Waals surface area (Å²) >= 11 is 1.96. The molecule has 0 saturated carbocycles. The van der Waals surface area contributed by atoms with Gasteiger partial charge in [0.05, 0.1) is 12.1 Å². The minimum Gasteiger partial charge on any atom is -0.326 e. The van der Waals surface area contributed by atoms with E-state index in [2.05, 4.69) is 10.6 Å². The second-order valence-electron chi connectivity index (χ2n) is 4.68. The Morgan fingerprint density at radius 1 is 1.24 bits per heavy atom. The van der Waals surface area contributed by atoms with Crippen molar-refractivity contribution >= 4 is 45.8 Å². The van der Waals surface area contributed by atoms with Crippen molar-refractivity contribution in [3.8, 4) is 0 Å². The highest BCUT2D eigenvalue weighted by molar-refractivity contribution is 14.1. The maximum absolute atomic E-state index is 13.0. The maximum Gasteiger partial charge on any atom is 0.255 e. The van der Waals surface area contributed by atoms with E-state index in [0.29, 0.717) is 26.9 Å². The average molecular weight is 396 g/mol. The van der Waals surface area contributed by atoms with Gasteiger partial charge in [0.15, 0.2) is 0 Å². The van der Waals surface area contributed by atoms with Gasteiger partial charge in [-0.25, -0.2) is 4.39 Å². The van der Waals surface area contributed by atoms with Crippen LogP contribution in [0.15, 0.2) is 36.4 Å². The first-order valence-electron chi connectivity index (χ1n) is 6.22. The minimum atomic E-state index is -0.349. The second-order valence-corrected chi connectivity index (χ2v) is 5.84. The van der Waals surface area contributed by atoms with E-state index in [1.807, 2.05) is 22.6 Å². The molecule has 0 saturated heterocycles.